The Hall–Kier alpha value is -1.31. The molecule has 0 spiro atoms. The SMILES string of the molecule is O=C(Nc1cc(Br)ccc1Cl)NC(CCO)C(=O)O. The zero-order valence-corrected chi connectivity index (χ0v) is 12.0. The average molecular weight is 352 g/mol. The largest absolute Gasteiger partial charge is 0.480 e. The Kier molecular flexibility index (Phi) is 6.07. The first-order valence-electron chi connectivity index (χ1n) is 5.30. The van der Waals surface area contributed by atoms with E-state index in [2.05, 4.69) is 26.6 Å². The lowest BCUT2D eigenvalue weighted by Crippen LogP contribution is -2.43. The Morgan fingerprint density at radius 1 is 1.42 bits per heavy atom. The van der Waals surface area contributed by atoms with Gasteiger partial charge >= 0.3 is 12.0 Å². The van der Waals surface area contributed by atoms with Crippen LogP contribution in [0.5, 0.6) is 0 Å². The number of aliphatic hydroxyl groups excluding tert-OH is 1. The molecule has 104 valence electrons. The summed E-state index contributed by atoms with van der Waals surface area (Å²) < 4.78 is 0.720. The molecule has 1 aromatic rings. The minimum Gasteiger partial charge on any atom is -0.480 e. The van der Waals surface area contributed by atoms with Crippen molar-refractivity contribution in [3.63, 3.8) is 0 Å². The van der Waals surface area contributed by atoms with Crippen molar-refractivity contribution in [2.24, 2.45) is 0 Å². The quantitative estimate of drug-likeness (QED) is 0.652. The Labute approximate surface area is 122 Å². The summed E-state index contributed by atoms with van der Waals surface area (Å²) >= 11 is 9.11. The van der Waals surface area contributed by atoms with E-state index in [9.17, 15) is 9.59 Å². The van der Waals surface area contributed by atoms with Crippen molar-refractivity contribution in [2.75, 3.05) is 11.9 Å². The van der Waals surface area contributed by atoms with Crippen LogP contribution in [0.1, 0.15) is 6.42 Å². The highest BCUT2D eigenvalue weighted by Gasteiger charge is 2.19. The average Bonchev–Trinajstić information content (AvgIpc) is 2.33. The second-order valence-corrected chi connectivity index (χ2v) is 4.95. The number of carbonyl (C=O) groups excluding carboxylic acids is 1. The second kappa shape index (κ2) is 7.32. The van der Waals surface area contributed by atoms with Crippen LogP contribution in [-0.2, 0) is 4.79 Å². The number of anilines is 1. The molecule has 1 atom stereocenters. The molecule has 0 aliphatic carbocycles. The molecule has 2 amide bonds. The number of aliphatic carboxylic acids is 1. The van der Waals surface area contributed by atoms with E-state index in [1.807, 2.05) is 0 Å². The van der Waals surface area contributed by atoms with Crippen LogP contribution < -0.4 is 10.6 Å². The fourth-order valence-electron chi connectivity index (χ4n) is 1.30. The molecule has 0 aromatic heterocycles. The van der Waals surface area contributed by atoms with Crippen LogP contribution >= 0.6 is 27.5 Å². The number of rotatable bonds is 5. The van der Waals surface area contributed by atoms with Gasteiger partial charge < -0.3 is 20.8 Å². The number of urea groups is 1. The van der Waals surface area contributed by atoms with E-state index in [-0.39, 0.29) is 13.0 Å². The van der Waals surface area contributed by atoms with Gasteiger partial charge in [-0.05, 0) is 18.2 Å². The summed E-state index contributed by atoms with van der Waals surface area (Å²) in [6.07, 6.45) is -0.0744. The van der Waals surface area contributed by atoms with Crippen molar-refractivity contribution >= 4 is 45.2 Å². The van der Waals surface area contributed by atoms with Crippen LogP contribution in [0.2, 0.25) is 5.02 Å². The van der Waals surface area contributed by atoms with Crippen molar-refractivity contribution in [2.45, 2.75) is 12.5 Å². The molecule has 6 nitrogen and oxygen atoms in total. The maximum absolute atomic E-state index is 11.6. The Balaban J connectivity index is 2.68. The third-order valence-corrected chi connectivity index (χ3v) is 3.02. The number of amides is 2. The number of nitrogens with one attached hydrogen (secondary N) is 2. The number of carboxylic acids is 1. The molecule has 0 aliphatic rings. The number of benzene rings is 1. The van der Waals surface area contributed by atoms with Crippen LogP contribution in [0.4, 0.5) is 10.5 Å². The minimum absolute atomic E-state index is 0.0744. The van der Waals surface area contributed by atoms with E-state index in [0.29, 0.717) is 10.7 Å². The zero-order chi connectivity index (χ0) is 14.4. The molecule has 0 saturated carbocycles. The number of hydrogen-bond acceptors (Lipinski definition) is 3. The summed E-state index contributed by atoms with van der Waals surface area (Å²) in [6.45, 7) is -0.338. The first kappa shape index (κ1) is 15.7. The maximum Gasteiger partial charge on any atom is 0.326 e. The third-order valence-electron chi connectivity index (χ3n) is 2.20. The highest BCUT2D eigenvalue weighted by Crippen LogP contribution is 2.25. The lowest BCUT2D eigenvalue weighted by atomic mass is 10.2. The van der Waals surface area contributed by atoms with Gasteiger partial charge in [0.1, 0.15) is 6.04 Å². The molecular weight excluding hydrogens is 339 g/mol. The van der Waals surface area contributed by atoms with Crippen molar-refractivity contribution < 1.29 is 19.8 Å². The maximum atomic E-state index is 11.6. The van der Waals surface area contributed by atoms with Crippen LogP contribution in [0, 0.1) is 0 Å². The minimum atomic E-state index is -1.22. The van der Waals surface area contributed by atoms with E-state index < -0.39 is 18.0 Å². The smallest absolute Gasteiger partial charge is 0.326 e. The van der Waals surface area contributed by atoms with Crippen LogP contribution in [-0.4, -0.2) is 34.9 Å². The molecule has 0 fully saturated rings. The van der Waals surface area contributed by atoms with Crippen molar-refractivity contribution in [3.8, 4) is 0 Å². The lowest BCUT2D eigenvalue weighted by Gasteiger charge is -2.14. The van der Waals surface area contributed by atoms with E-state index in [4.69, 9.17) is 21.8 Å². The Morgan fingerprint density at radius 2 is 2.11 bits per heavy atom. The number of aliphatic hydroxyl groups is 1. The molecular formula is C11H12BrClN2O4. The van der Waals surface area contributed by atoms with Crippen LogP contribution in [0.25, 0.3) is 0 Å². The summed E-state index contributed by atoms with van der Waals surface area (Å²) in [5.74, 6) is -1.22. The number of carboxylic acid groups (broad SMARTS) is 1. The van der Waals surface area contributed by atoms with Crippen molar-refractivity contribution in [1.82, 2.24) is 5.32 Å². The van der Waals surface area contributed by atoms with Gasteiger partial charge in [0.25, 0.3) is 0 Å². The van der Waals surface area contributed by atoms with Gasteiger partial charge in [0, 0.05) is 17.5 Å². The van der Waals surface area contributed by atoms with Gasteiger partial charge in [0.15, 0.2) is 0 Å². The van der Waals surface area contributed by atoms with Gasteiger partial charge in [-0.2, -0.15) is 0 Å². The highest BCUT2D eigenvalue weighted by molar-refractivity contribution is 9.10. The normalized spacial score (nSPS) is 11.7. The van der Waals surface area contributed by atoms with Crippen LogP contribution in [0.3, 0.4) is 0 Å². The summed E-state index contributed by atoms with van der Waals surface area (Å²) in [4.78, 5) is 22.4. The Morgan fingerprint density at radius 3 is 2.68 bits per heavy atom. The zero-order valence-electron chi connectivity index (χ0n) is 9.69. The fraction of sp³-hybridized carbons (Fsp3) is 0.273. The molecule has 0 bridgehead atoms. The summed E-state index contributed by atoms with van der Waals surface area (Å²) in [6, 6.07) is 3.02. The highest BCUT2D eigenvalue weighted by atomic mass is 79.9. The predicted molar refractivity (Wildman–Crippen MR) is 74.4 cm³/mol. The molecule has 1 unspecified atom stereocenters. The lowest BCUT2D eigenvalue weighted by molar-refractivity contribution is -0.139. The van der Waals surface area contributed by atoms with Gasteiger partial charge in [0.05, 0.1) is 10.7 Å². The summed E-state index contributed by atoms with van der Waals surface area (Å²) in [7, 11) is 0. The third kappa shape index (κ3) is 5.06. The molecule has 8 heteroatoms. The van der Waals surface area contributed by atoms with Gasteiger partial charge in [-0.25, -0.2) is 9.59 Å². The molecule has 1 rings (SSSR count). The van der Waals surface area contributed by atoms with Gasteiger partial charge in [-0.15, -0.1) is 0 Å². The standard InChI is InChI=1S/C11H12BrClN2O4/c12-6-1-2-7(13)9(5-6)15-11(19)14-8(3-4-16)10(17)18/h1-2,5,8,16H,3-4H2,(H,17,18)(H2,14,15,19). The molecule has 1 aromatic carbocycles. The van der Waals surface area contributed by atoms with E-state index >= 15 is 0 Å². The molecule has 0 radical (unpaired) electrons. The molecule has 19 heavy (non-hydrogen) atoms. The molecule has 0 heterocycles. The Bertz CT molecular complexity index is 484. The van der Waals surface area contributed by atoms with Crippen molar-refractivity contribution in [3.05, 3.63) is 27.7 Å². The number of carbonyl (C=O) groups is 2. The van der Waals surface area contributed by atoms with Gasteiger partial charge in [-0.3, -0.25) is 0 Å². The second-order valence-electron chi connectivity index (χ2n) is 3.63. The summed E-state index contributed by atoms with van der Waals surface area (Å²) in [5, 5.41) is 22.5. The van der Waals surface area contributed by atoms with Gasteiger partial charge in [0.2, 0.25) is 0 Å². The topological polar surface area (TPSA) is 98.7 Å². The molecule has 0 saturated heterocycles. The van der Waals surface area contributed by atoms with Crippen LogP contribution in [0.15, 0.2) is 22.7 Å². The van der Waals surface area contributed by atoms with Crippen molar-refractivity contribution in [1.29, 1.82) is 0 Å². The monoisotopic (exact) mass is 350 g/mol. The van der Waals surface area contributed by atoms with E-state index in [1.165, 1.54) is 0 Å². The first-order valence-corrected chi connectivity index (χ1v) is 6.47. The van der Waals surface area contributed by atoms with Gasteiger partial charge in [-0.1, -0.05) is 27.5 Å². The fourth-order valence-corrected chi connectivity index (χ4v) is 1.82. The van der Waals surface area contributed by atoms with E-state index in [1.54, 1.807) is 18.2 Å². The molecule has 0 aliphatic heterocycles. The number of hydrogen-bond donors (Lipinski definition) is 4. The molecule has 4 N–H and O–H groups in total. The predicted octanol–water partition coefficient (Wildman–Crippen LogP) is 2.06. The first-order chi connectivity index (χ1) is 8.93. The van der Waals surface area contributed by atoms with E-state index in [0.717, 1.165) is 4.47 Å². The summed E-state index contributed by atoms with van der Waals surface area (Å²) in [5.41, 5.74) is 0.349. The number of halogens is 2.